The summed E-state index contributed by atoms with van der Waals surface area (Å²) in [6, 6.07) is 8.87. The second-order valence-corrected chi connectivity index (χ2v) is 8.56. The molecule has 214 valence electrons. The SMILES string of the molecule is CCOC(=O)c1cccc(NC(=O)NCc2ccn(-c3cc4nc(C(=O)OCC)c(=O)[nH]c4cc3C(F)(F)F)c2)c1. The quantitative estimate of drug-likeness (QED) is 0.266. The van der Waals surface area contributed by atoms with Crippen molar-refractivity contribution in [3.63, 3.8) is 0 Å². The van der Waals surface area contributed by atoms with E-state index < -0.39 is 41.0 Å². The lowest BCUT2D eigenvalue weighted by Gasteiger charge is -2.15. The van der Waals surface area contributed by atoms with Gasteiger partial charge < -0.3 is 29.7 Å². The Morgan fingerprint density at radius 2 is 1.76 bits per heavy atom. The Morgan fingerprint density at radius 3 is 2.46 bits per heavy atom. The minimum atomic E-state index is -4.79. The number of hydrogen-bond donors (Lipinski definition) is 3. The maximum atomic E-state index is 14.0. The number of nitrogens with zero attached hydrogens (tertiary/aromatic N) is 2. The number of ether oxygens (including phenoxy) is 2. The highest BCUT2D eigenvalue weighted by Crippen LogP contribution is 2.36. The van der Waals surface area contributed by atoms with Gasteiger partial charge in [-0.15, -0.1) is 0 Å². The Bertz CT molecular complexity index is 1680. The minimum absolute atomic E-state index is 0.0194. The molecule has 0 radical (unpaired) electrons. The average Bonchev–Trinajstić information content (AvgIpc) is 3.40. The number of aromatic nitrogens is 3. The standard InChI is InChI=1S/C27H24F3N5O6/c1-3-40-24(37)16-6-5-7-17(10-16)32-26(39)31-13-15-8-9-35(14-15)21-12-20-19(11-18(21)27(28,29)30)34-23(36)22(33-20)25(38)41-4-2/h5-12,14H,3-4,13H2,1-2H3,(H,34,36)(H2,31,32,39). The second-order valence-electron chi connectivity index (χ2n) is 8.56. The molecule has 2 amide bonds. The van der Waals surface area contributed by atoms with Crippen molar-refractivity contribution in [3.05, 3.63) is 87.6 Å². The van der Waals surface area contributed by atoms with E-state index in [1.165, 1.54) is 42.1 Å². The van der Waals surface area contributed by atoms with E-state index in [0.29, 0.717) is 11.3 Å². The van der Waals surface area contributed by atoms with Gasteiger partial charge in [0.25, 0.3) is 5.56 Å². The minimum Gasteiger partial charge on any atom is -0.462 e. The number of rotatable bonds is 8. The number of carbonyl (C=O) groups excluding carboxylic acids is 3. The van der Waals surface area contributed by atoms with Gasteiger partial charge in [0.1, 0.15) is 0 Å². The number of nitrogens with one attached hydrogen (secondary N) is 3. The van der Waals surface area contributed by atoms with Gasteiger partial charge in [-0.3, -0.25) is 4.79 Å². The Kier molecular flexibility index (Phi) is 8.40. The summed E-state index contributed by atoms with van der Waals surface area (Å²) in [7, 11) is 0. The topological polar surface area (TPSA) is 144 Å². The van der Waals surface area contributed by atoms with E-state index in [2.05, 4.69) is 20.6 Å². The Hall–Kier alpha value is -5.14. The van der Waals surface area contributed by atoms with Gasteiger partial charge >= 0.3 is 24.1 Å². The first-order valence-electron chi connectivity index (χ1n) is 12.3. The Morgan fingerprint density at radius 1 is 1.02 bits per heavy atom. The van der Waals surface area contributed by atoms with Crippen LogP contribution in [0.4, 0.5) is 23.7 Å². The number of alkyl halides is 3. The number of H-pyrrole nitrogens is 1. The molecular formula is C27H24F3N5O6. The molecule has 0 spiro atoms. The summed E-state index contributed by atoms with van der Waals surface area (Å²) in [5.41, 5.74) is -2.14. The monoisotopic (exact) mass is 571 g/mol. The molecule has 0 fully saturated rings. The third-order valence-corrected chi connectivity index (χ3v) is 5.70. The summed E-state index contributed by atoms with van der Waals surface area (Å²) in [5, 5.41) is 5.17. The van der Waals surface area contributed by atoms with Gasteiger partial charge in [-0.1, -0.05) is 6.07 Å². The summed E-state index contributed by atoms with van der Waals surface area (Å²) in [5.74, 6) is -1.54. The molecule has 0 aliphatic rings. The largest absolute Gasteiger partial charge is 0.462 e. The van der Waals surface area contributed by atoms with Crippen LogP contribution >= 0.6 is 0 Å². The van der Waals surface area contributed by atoms with Crippen molar-refractivity contribution in [2.24, 2.45) is 0 Å². The number of hydrogen-bond acceptors (Lipinski definition) is 7. The van der Waals surface area contributed by atoms with Crippen LogP contribution in [0.5, 0.6) is 0 Å². The van der Waals surface area contributed by atoms with Crippen LogP contribution < -0.4 is 16.2 Å². The molecule has 0 atom stereocenters. The fourth-order valence-corrected chi connectivity index (χ4v) is 3.89. The van der Waals surface area contributed by atoms with Crippen molar-refractivity contribution in [1.82, 2.24) is 19.9 Å². The van der Waals surface area contributed by atoms with Crippen LogP contribution in [0.2, 0.25) is 0 Å². The van der Waals surface area contributed by atoms with Crippen LogP contribution in [0.15, 0.2) is 59.7 Å². The molecule has 2 heterocycles. The number of carbonyl (C=O) groups is 3. The second kappa shape index (κ2) is 11.9. The molecule has 0 saturated carbocycles. The fraction of sp³-hybridized carbons (Fsp3) is 0.222. The molecule has 3 N–H and O–H groups in total. The van der Waals surface area contributed by atoms with Gasteiger partial charge in [-0.05, 0) is 55.8 Å². The molecule has 0 aliphatic heterocycles. The van der Waals surface area contributed by atoms with E-state index in [-0.39, 0.29) is 42.0 Å². The fourth-order valence-electron chi connectivity index (χ4n) is 3.89. The van der Waals surface area contributed by atoms with Crippen molar-refractivity contribution in [2.75, 3.05) is 18.5 Å². The first kappa shape index (κ1) is 28.9. The predicted octanol–water partition coefficient (Wildman–Crippen LogP) is 4.41. The number of aromatic amines is 1. The van der Waals surface area contributed by atoms with Gasteiger partial charge in [-0.2, -0.15) is 13.2 Å². The van der Waals surface area contributed by atoms with Crippen molar-refractivity contribution >= 4 is 34.7 Å². The van der Waals surface area contributed by atoms with Crippen LogP contribution in [0, 0.1) is 0 Å². The van der Waals surface area contributed by atoms with E-state index in [0.717, 1.165) is 12.1 Å². The third kappa shape index (κ3) is 6.72. The van der Waals surface area contributed by atoms with E-state index in [1.807, 2.05) is 0 Å². The molecular weight excluding hydrogens is 547 g/mol. The highest BCUT2D eigenvalue weighted by Gasteiger charge is 2.35. The molecule has 2 aromatic carbocycles. The number of anilines is 1. The van der Waals surface area contributed by atoms with E-state index in [4.69, 9.17) is 9.47 Å². The summed E-state index contributed by atoms with van der Waals surface area (Å²) in [6.07, 6.45) is -2.04. The molecule has 2 aromatic heterocycles. The van der Waals surface area contributed by atoms with E-state index in [1.54, 1.807) is 19.1 Å². The average molecular weight is 572 g/mol. The summed E-state index contributed by atoms with van der Waals surface area (Å²) < 4.78 is 52.8. The molecule has 0 saturated heterocycles. The molecule has 14 heteroatoms. The lowest BCUT2D eigenvalue weighted by molar-refractivity contribution is -0.137. The maximum Gasteiger partial charge on any atom is 0.418 e. The van der Waals surface area contributed by atoms with Crippen LogP contribution in [0.25, 0.3) is 16.7 Å². The number of fused-ring (bicyclic) bond motifs is 1. The zero-order valence-corrected chi connectivity index (χ0v) is 21.8. The molecule has 0 aliphatic carbocycles. The van der Waals surface area contributed by atoms with Crippen LogP contribution in [0.3, 0.4) is 0 Å². The van der Waals surface area contributed by atoms with Gasteiger partial charge in [-0.25, -0.2) is 19.4 Å². The molecule has 4 aromatic rings. The molecule has 41 heavy (non-hydrogen) atoms. The van der Waals surface area contributed by atoms with Gasteiger partial charge in [0.05, 0.1) is 41.1 Å². The van der Waals surface area contributed by atoms with Crippen LogP contribution in [-0.4, -0.2) is 45.7 Å². The number of esters is 2. The molecule has 0 unspecified atom stereocenters. The van der Waals surface area contributed by atoms with Crippen molar-refractivity contribution in [3.8, 4) is 5.69 Å². The molecule has 0 bridgehead atoms. The number of urea groups is 1. The highest BCUT2D eigenvalue weighted by atomic mass is 19.4. The zero-order chi connectivity index (χ0) is 29.7. The predicted molar refractivity (Wildman–Crippen MR) is 141 cm³/mol. The van der Waals surface area contributed by atoms with Crippen molar-refractivity contribution in [2.45, 2.75) is 26.6 Å². The Balaban J connectivity index is 1.55. The van der Waals surface area contributed by atoms with Crippen LogP contribution in [0.1, 0.15) is 45.8 Å². The third-order valence-electron chi connectivity index (χ3n) is 5.70. The van der Waals surface area contributed by atoms with Gasteiger partial charge in [0, 0.05) is 24.6 Å². The van der Waals surface area contributed by atoms with E-state index in [9.17, 15) is 32.3 Å². The lowest BCUT2D eigenvalue weighted by atomic mass is 10.1. The van der Waals surface area contributed by atoms with Gasteiger partial charge in [0.2, 0.25) is 5.69 Å². The first-order chi connectivity index (χ1) is 19.5. The summed E-state index contributed by atoms with van der Waals surface area (Å²) >= 11 is 0. The number of halogens is 3. The normalized spacial score (nSPS) is 11.2. The highest BCUT2D eigenvalue weighted by molar-refractivity contribution is 5.94. The molecule has 4 rings (SSSR count). The van der Waals surface area contributed by atoms with E-state index >= 15 is 0 Å². The number of amides is 2. The van der Waals surface area contributed by atoms with Crippen molar-refractivity contribution < 1.29 is 37.0 Å². The smallest absolute Gasteiger partial charge is 0.418 e. The zero-order valence-electron chi connectivity index (χ0n) is 21.8. The van der Waals surface area contributed by atoms with Gasteiger partial charge in [0.15, 0.2) is 0 Å². The van der Waals surface area contributed by atoms with Crippen molar-refractivity contribution in [1.29, 1.82) is 0 Å². The first-order valence-corrected chi connectivity index (χ1v) is 12.3. The number of benzene rings is 2. The summed E-state index contributed by atoms with van der Waals surface area (Å²) in [6.45, 7) is 3.35. The summed E-state index contributed by atoms with van der Waals surface area (Å²) in [4.78, 5) is 54.8. The Labute approximate surface area is 230 Å². The van der Waals surface area contributed by atoms with Crippen LogP contribution in [-0.2, 0) is 22.2 Å². The maximum absolute atomic E-state index is 14.0. The lowest BCUT2D eigenvalue weighted by Crippen LogP contribution is -2.28. The molecule has 11 nitrogen and oxygen atoms in total.